The van der Waals surface area contributed by atoms with Crippen molar-refractivity contribution in [3.05, 3.63) is 29.8 Å². The van der Waals surface area contributed by atoms with Crippen LogP contribution in [0.4, 0.5) is 4.79 Å². The monoisotopic (exact) mass is 323 g/mol. The van der Waals surface area contributed by atoms with Crippen LogP contribution < -0.4 is 5.32 Å². The average molecular weight is 323 g/mol. The molecule has 0 bridgehead atoms. The molecule has 118 valence electrons. The van der Waals surface area contributed by atoms with Crippen molar-refractivity contribution in [1.82, 2.24) is 14.5 Å². The first-order valence-electron chi connectivity index (χ1n) is 7.06. The fraction of sp³-hybridized carbons (Fsp3) is 0.429. The minimum Gasteiger partial charge on any atom is -0.329 e. The highest BCUT2D eigenvalue weighted by Crippen LogP contribution is 2.25. The predicted octanol–water partition coefficient (Wildman–Crippen LogP) is 0.310. The lowest BCUT2D eigenvalue weighted by molar-refractivity contribution is -0.126. The van der Waals surface area contributed by atoms with Crippen LogP contribution in [-0.2, 0) is 14.8 Å². The van der Waals surface area contributed by atoms with Gasteiger partial charge in [-0.3, -0.25) is 9.69 Å². The minimum atomic E-state index is -3.59. The normalized spacial score (nSPS) is 23.1. The molecular formula is C14H17N3O4S. The molecule has 0 radical (unpaired) electrons. The summed E-state index contributed by atoms with van der Waals surface area (Å²) in [5.41, 5.74) is 0.867. The number of benzene rings is 1. The second-order valence-corrected chi connectivity index (χ2v) is 7.48. The number of nitrogens with one attached hydrogen (secondary N) is 1. The Bertz CT molecular complexity index is 715. The van der Waals surface area contributed by atoms with Crippen LogP contribution in [0.1, 0.15) is 12.0 Å². The average Bonchev–Trinajstić information content (AvgIpc) is 3.06. The van der Waals surface area contributed by atoms with Gasteiger partial charge in [0.1, 0.15) is 0 Å². The van der Waals surface area contributed by atoms with Crippen molar-refractivity contribution in [1.29, 1.82) is 0 Å². The van der Waals surface area contributed by atoms with Crippen molar-refractivity contribution in [2.75, 3.05) is 19.6 Å². The molecule has 3 amide bonds. The van der Waals surface area contributed by atoms with Gasteiger partial charge in [0.05, 0.1) is 17.5 Å². The lowest BCUT2D eigenvalue weighted by atomic mass is 10.2. The van der Waals surface area contributed by atoms with Gasteiger partial charge < -0.3 is 5.32 Å². The molecular weight excluding hydrogens is 306 g/mol. The van der Waals surface area contributed by atoms with Gasteiger partial charge in [0.2, 0.25) is 15.9 Å². The van der Waals surface area contributed by atoms with Gasteiger partial charge in [-0.05, 0) is 31.0 Å². The standard InChI is InChI=1S/C14H17N3O4S/c1-10-3-2-4-12(7-10)22(20,21)16-6-5-11(9-16)17-13(18)8-15-14(17)19/h2-4,7,11H,5-6,8-9H2,1H3,(H,15,19). The van der Waals surface area contributed by atoms with E-state index in [-0.39, 0.29) is 23.9 Å². The maximum Gasteiger partial charge on any atom is 0.324 e. The van der Waals surface area contributed by atoms with E-state index in [1.54, 1.807) is 18.2 Å². The van der Waals surface area contributed by atoms with E-state index < -0.39 is 22.1 Å². The van der Waals surface area contributed by atoms with Crippen molar-refractivity contribution < 1.29 is 18.0 Å². The highest BCUT2D eigenvalue weighted by atomic mass is 32.2. The molecule has 7 nitrogen and oxygen atoms in total. The summed E-state index contributed by atoms with van der Waals surface area (Å²) >= 11 is 0. The summed E-state index contributed by atoms with van der Waals surface area (Å²) in [4.78, 5) is 24.8. The van der Waals surface area contributed by atoms with Crippen LogP contribution in [0.5, 0.6) is 0 Å². The molecule has 1 aromatic carbocycles. The lowest BCUT2D eigenvalue weighted by Crippen LogP contribution is -2.42. The van der Waals surface area contributed by atoms with Gasteiger partial charge in [-0.15, -0.1) is 0 Å². The number of hydrogen-bond acceptors (Lipinski definition) is 4. The third kappa shape index (κ3) is 2.48. The Balaban J connectivity index is 1.80. The quantitative estimate of drug-likeness (QED) is 0.811. The van der Waals surface area contributed by atoms with Crippen LogP contribution in [0.15, 0.2) is 29.2 Å². The van der Waals surface area contributed by atoms with Gasteiger partial charge in [-0.25, -0.2) is 13.2 Å². The molecule has 8 heteroatoms. The number of urea groups is 1. The number of carbonyl (C=O) groups excluding carboxylic acids is 2. The Labute approximate surface area is 128 Å². The third-order valence-electron chi connectivity index (χ3n) is 4.00. The molecule has 0 saturated carbocycles. The number of rotatable bonds is 3. The van der Waals surface area contributed by atoms with Crippen molar-refractivity contribution in [2.24, 2.45) is 0 Å². The zero-order chi connectivity index (χ0) is 15.9. The van der Waals surface area contributed by atoms with E-state index in [1.807, 2.05) is 13.0 Å². The number of amides is 3. The molecule has 2 aliphatic rings. The molecule has 2 heterocycles. The molecule has 22 heavy (non-hydrogen) atoms. The minimum absolute atomic E-state index is 0.0139. The Morgan fingerprint density at radius 2 is 2.05 bits per heavy atom. The second kappa shape index (κ2) is 5.36. The number of nitrogens with zero attached hydrogens (tertiary/aromatic N) is 2. The van der Waals surface area contributed by atoms with Gasteiger partial charge in [0.25, 0.3) is 0 Å². The Hall–Kier alpha value is -1.93. The molecule has 2 fully saturated rings. The molecule has 3 rings (SSSR count). The van der Waals surface area contributed by atoms with E-state index in [0.29, 0.717) is 13.0 Å². The molecule has 1 atom stereocenters. The van der Waals surface area contributed by atoms with Gasteiger partial charge in [-0.1, -0.05) is 12.1 Å². The Morgan fingerprint density at radius 1 is 1.27 bits per heavy atom. The highest BCUT2D eigenvalue weighted by Gasteiger charge is 2.41. The van der Waals surface area contributed by atoms with Gasteiger partial charge in [0, 0.05) is 13.1 Å². The first-order chi connectivity index (χ1) is 10.4. The van der Waals surface area contributed by atoms with Gasteiger partial charge >= 0.3 is 6.03 Å². The lowest BCUT2D eigenvalue weighted by Gasteiger charge is -2.21. The summed E-state index contributed by atoms with van der Waals surface area (Å²) in [6.45, 7) is 2.27. The van der Waals surface area contributed by atoms with Crippen molar-refractivity contribution in [3.8, 4) is 0 Å². The Morgan fingerprint density at radius 3 is 2.68 bits per heavy atom. The van der Waals surface area contributed by atoms with Gasteiger partial charge in [-0.2, -0.15) is 4.31 Å². The smallest absolute Gasteiger partial charge is 0.324 e. The van der Waals surface area contributed by atoms with Crippen LogP contribution in [0.3, 0.4) is 0 Å². The van der Waals surface area contributed by atoms with Crippen molar-refractivity contribution in [3.63, 3.8) is 0 Å². The van der Waals surface area contributed by atoms with E-state index in [1.165, 1.54) is 4.31 Å². The molecule has 2 aliphatic heterocycles. The molecule has 1 aromatic rings. The van der Waals surface area contributed by atoms with Crippen molar-refractivity contribution >= 4 is 22.0 Å². The summed E-state index contributed by atoms with van der Waals surface area (Å²) in [6, 6.07) is 5.88. The maximum absolute atomic E-state index is 12.6. The van der Waals surface area contributed by atoms with Gasteiger partial charge in [0.15, 0.2) is 0 Å². The van der Waals surface area contributed by atoms with E-state index >= 15 is 0 Å². The van der Waals surface area contributed by atoms with E-state index in [2.05, 4.69) is 5.32 Å². The zero-order valence-electron chi connectivity index (χ0n) is 12.2. The van der Waals surface area contributed by atoms with Crippen LogP contribution in [0.2, 0.25) is 0 Å². The largest absolute Gasteiger partial charge is 0.329 e. The maximum atomic E-state index is 12.6. The summed E-state index contributed by atoms with van der Waals surface area (Å²) in [5.74, 6) is -0.301. The topological polar surface area (TPSA) is 86.8 Å². The fourth-order valence-corrected chi connectivity index (χ4v) is 4.47. The van der Waals surface area contributed by atoms with E-state index in [9.17, 15) is 18.0 Å². The van der Waals surface area contributed by atoms with Crippen molar-refractivity contribution in [2.45, 2.75) is 24.3 Å². The summed E-state index contributed by atoms with van der Waals surface area (Å²) in [6.07, 6.45) is 0.463. The summed E-state index contributed by atoms with van der Waals surface area (Å²) < 4.78 is 26.6. The zero-order valence-corrected chi connectivity index (χ0v) is 13.0. The number of sulfonamides is 1. The first-order valence-corrected chi connectivity index (χ1v) is 8.50. The van der Waals surface area contributed by atoms with Crippen LogP contribution in [-0.4, -0.2) is 55.2 Å². The van der Waals surface area contributed by atoms with Crippen LogP contribution >= 0.6 is 0 Å². The number of carbonyl (C=O) groups is 2. The molecule has 0 spiro atoms. The first kappa shape index (κ1) is 15.0. The van der Waals surface area contributed by atoms with E-state index in [4.69, 9.17) is 0 Å². The molecule has 2 saturated heterocycles. The molecule has 1 unspecified atom stereocenters. The van der Waals surface area contributed by atoms with E-state index in [0.717, 1.165) is 10.5 Å². The Kier molecular flexibility index (Phi) is 3.65. The summed E-state index contributed by atoms with van der Waals surface area (Å²) in [7, 11) is -3.59. The molecule has 1 N–H and O–H groups in total. The number of imide groups is 1. The second-order valence-electron chi connectivity index (χ2n) is 5.54. The SMILES string of the molecule is Cc1cccc(S(=O)(=O)N2CCC(N3C(=O)CNC3=O)C2)c1. The predicted molar refractivity (Wildman–Crippen MR) is 78.6 cm³/mol. The third-order valence-corrected chi connectivity index (χ3v) is 5.86. The highest BCUT2D eigenvalue weighted by molar-refractivity contribution is 7.89. The van der Waals surface area contributed by atoms with Crippen LogP contribution in [0, 0.1) is 6.92 Å². The fourth-order valence-electron chi connectivity index (χ4n) is 2.87. The van der Waals surface area contributed by atoms with Crippen LogP contribution in [0.25, 0.3) is 0 Å². The molecule has 0 aliphatic carbocycles. The molecule has 0 aromatic heterocycles. The number of aryl methyl sites for hydroxylation is 1. The number of hydrogen-bond donors (Lipinski definition) is 1. The summed E-state index contributed by atoms with van der Waals surface area (Å²) in [5, 5.41) is 2.46.